The first-order chi connectivity index (χ1) is 18.8. The van der Waals surface area contributed by atoms with E-state index in [1.807, 2.05) is 85.2 Å². The minimum absolute atomic E-state index is 0.783. The van der Waals surface area contributed by atoms with E-state index in [2.05, 4.69) is 23.8 Å². The van der Waals surface area contributed by atoms with Crippen molar-refractivity contribution >= 4 is 23.8 Å². The van der Waals surface area contributed by atoms with Gasteiger partial charge in [-0.25, -0.2) is 0 Å². The van der Waals surface area contributed by atoms with E-state index >= 15 is 0 Å². The maximum absolute atomic E-state index is 5.84. The van der Waals surface area contributed by atoms with Gasteiger partial charge in [0.2, 0.25) is 0 Å². The fraction of sp³-hybridized carbons (Fsp3) is 0.412. The number of unbranched alkanes of at least 4 members (excludes halogenated alkanes) is 8. The molecule has 0 atom stereocenters. The molecule has 0 aliphatic carbocycles. The molecule has 38 heavy (non-hydrogen) atoms. The summed E-state index contributed by atoms with van der Waals surface area (Å²) in [6, 6.07) is 24.1. The van der Waals surface area contributed by atoms with Crippen LogP contribution < -0.4 is 9.47 Å². The van der Waals surface area contributed by atoms with Crippen molar-refractivity contribution in [2.75, 3.05) is 13.2 Å². The lowest BCUT2D eigenvalue weighted by molar-refractivity contribution is 0.304. The zero-order valence-corrected chi connectivity index (χ0v) is 23.3. The number of rotatable bonds is 18. The number of aliphatic imine (C=N–C) groups is 2. The van der Waals surface area contributed by atoms with Gasteiger partial charge in [-0.15, -0.1) is 0 Å². The molecule has 0 bridgehead atoms. The summed E-state index contributed by atoms with van der Waals surface area (Å²) in [4.78, 5) is 9.19. The second-order valence-corrected chi connectivity index (χ2v) is 9.70. The molecular weight excluding hydrogens is 468 g/mol. The molecule has 0 radical (unpaired) electrons. The number of hydrogen-bond acceptors (Lipinski definition) is 4. The van der Waals surface area contributed by atoms with Crippen LogP contribution in [0.4, 0.5) is 11.4 Å². The second-order valence-electron chi connectivity index (χ2n) is 9.70. The van der Waals surface area contributed by atoms with E-state index in [9.17, 15) is 0 Å². The Labute approximate surface area is 229 Å². The minimum atomic E-state index is 0.783. The molecule has 3 aromatic carbocycles. The van der Waals surface area contributed by atoms with Gasteiger partial charge in [-0.3, -0.25) is 9.98 Å². The number of ether oxygens (including phenoxy) is 2. The summed E-state index contributed by atoms with van der Waals surface area (Å²) < 4.78 is 11.7. The van der Waals surface area contributed by atoms with E-state index in [4.69, 9.17) is 9.47 Å². The molecule has 0 heterocycles. The summed E-state index contributed by atoms with van der Waals surface area (Å²) in [5, 5.41) is 0. The first-order valence-corrected chi connectivity index (χ1v) is 14.4. The van der Waals surface area contributed by atoms with Crippen LogP contribution in [0.25, 0.3) is 0 Å². The molecule has 0 aliphatic heterocycles. The smallest absolute Gasteiger partial charge is 0.119 e. The monoisotopic (exact) mass is 512 g/mol. The van der Waals surface area contributed by atoms with Crippen LogP contribution in [0, 0.1) is 0 Å². The normalized spacial score (nSPS) is 11.4. The Morgan fingerprint density at radius 1 is 0.474 bits per heavy atom. The first kappa shape index (κ1) is 29.2. The number of nitrogens with zero attached hydrogens (tertiary/aromatic N) is 2. The van der Waals surface area contributed by atoms with Gasteiger partial charge in [-0.05, 0) is 96.8 Å². The van der Waals surface area contributed by atoms with Crippen molar-refractivity contribution in [3.8, 4) is 11.5 Å². The van der Waals surface area contributed by atoms with Crippen molar-refractivity contribution in [3.63, 3.8) is 0 Å². The molecule has 0 fully saturated rings. The molecule has 4 heteroatoms. The van der Waals surface area contributed by atoms with Gasteiger partial charge in [0.15, 0.2) is 0 Å². The quantitative estimate of drug-likeness (QED) is 0.126. The topological polar surface area (TPSA) is 43.2 Å². The van der Waals surface area contributed by atoms with E-state index < -0.39 is 0 Å². The zero-order chi connectivity index (χ0) is 26.7. The SMILES string of the molecule is CCCCCCCOc1ccc(C=Nc2ccc(N=Cc3ccc(OCCCCCCC)cc3)cc2)cc1. The van der Waals surface area contributed by atoms with Crippen molar-refractivity contribution in [2.45, 2.75) is 78.1 Å². The number of benzene rings is 3. The third-order valence-corrected chi connectivity index (χ3v) is 6.37. The average Bonchev–Trinajstić information content (AvgIpc) is 2.96. The van der Waals surface area contributed by atoms with Crippen LogP contribution >= 0.6 is 0 Å². The zero-order valence-electron chi connectivity index (χ0n) is 23.3. The van der Waals surface area contributed by atoms with Crippen molar-refractivity contribution in [1.82, 2.24) is 0 Å². The van der Waals surface area contributed by atoms with Crippen LogP contribution in [0.1, 0.15) is 89.2 Å². The second kappa shape index (κ2) is 18.0. The van der Waals surface area contributed by atoms with Crippen LogP contribution in [0.3, 0.4) is 0 Å². The van der Waals surface area contributed by atoms with Gasteiger partial charge < -0.3 is 9.47 Å². The molecule has 0 N–H and O–H groups in total. The molecule has 0 aliphatic rings. The standard InChI is InChI=1S/C34H44N2O2/c1-3-5-7-9-11-25-37-33-21-13-29(14-22-33)27-35-31-17-19-32(20-18-31)36-28-30-15-23-34(24-16-30)38-26-12-10-8-6-4-2/h13-24,27-28H,3-12,25-26H2,1-2H3. The Balaban J connectivity index is 1.39. The molecule has 0 spiro atoms. The summed E-state index contributed by atoms with van der Waals surface area (Å²) in [7, 11) is 0. The van der Waals surface area contributed by atoms with Gasteiger partial charge in [0.25, 0.3) is 0 Å². The molecule has 0 amide bonds. The lowest BCUT2D eigenvalue weighted by atomic mass is 10.2. The highest BCUT2D eigenvalue weighted by Crippen LogP contribution is 2.20. The van der Waals surface area contributed by atoms with Crippen LogP contribution in [0.5, 0.6) is 11.5 Å². The molecule has 3 rings (SSSR count). The highest BCUT2D eigenvalue weighted by atomic mass is 16.5. The summed E-state index contributed by atoms with van der Waals surface area (Å²) in [5.41, 5.74) is 3.89. The minimum Gasteiger partial charge on any atom is -0.494 e. The predicted octanol–water partition coefficient (Wildman–Crippen LogP) is 9.89. The van der Waals surface area contributed by atoms with Gasteiger partial charge >= 0.3 is 0 Å². The lowest BCUT2D eigenvalue weighted by Crippen LogP contribution is -1.97. The molecule has 0 unspecified atom stereocenters. The van der Waals surface area contributed by atoms with Gasteiger partial charge in [0.1, 0.15) is 11.5 Å². The van der Waals surface area contributed by atoms with E-state index in [0.717, 1.165) is 60.1 Å². The van der Waals surface area contributed by atoms with Gasteiger partial charge in [0.05, 0.1) is 24.6 Å². The predicted molar refractivity (Wildman–Crippen MR) is 162 cm³/mol. The Bertz CT molecular complexity index is 982. The lowest BCUT2D eigenvalue weighted by Gasteiger charge is -2.06. The molecule has 0 saturated carbocycles. The third-order valence-electron chi connectivity index (χ3n) is 6.37. The molecule has 0 aromatic heterocycles. The third kappa shape index (κ3) is 11.8. The van der Waals surface area contributed by atoms with Crippen molar-refractivity contribution in [2.24, 2.45) is 9.98 Å². The van der Waals surface area contributed by atoms with Crippen LogP contribution in [0.15, 0.2) is 82.8 Å². The summed E-state index contributed by atoms with van der Waals surface area (Å²) in [5.74, 6) is 1.83. The van der Waals surface area contributed by atoms with E-state index in [-0.39, 0.29) is 0 Å². The maximum atomic E-state index is 5.84. The van der Waals surface area contributed by atoms with Crippen LogP contribution in [-0.4, -0.2) is 25.6 Å². The average molecular weight is 513 g/mol. The first-order valence-electron chi connectivity index (χ1n) is 14.4. The van der Waals surface area contributed by atoms with Crippen LogP contribution in [0.2, 0.25) is 0 Å². The summed E-state index contributed by atoms with van der Waals surface area (Å²) in [6.07, 6.45) is 16.2. The van der Waals surface area contributed by atoms with E-state index in [0.29, 0.717) is 0 Å². The highest BCUT2D eigenvalue weighted by molar-refractivity contribution is 5.83. The van der Waals surface area contributed by atoms with Gasteiger partial charge in [-0.1, -0.05) is 65.2 Å². The van der Waals surface area contributed by atoms with Crippen molar-refractivity contribution in [1.29, 1.82) is 0 Å². The maximum Gasteiger partial charge on any atom is 0.119 e. The van der Waals surface area contributed by atoms with E-state index in [1.165, 1.54) is 51.4 Å². The largest absolute Gasteiger partial charge is 0.494 e. The Hall–Kier alpha value is -3.40. The van der Waals surface area contributed by atoms with E-state index in [1.54, 1.807) is 0 Å². The fourth-order valence-corrected chi connectivity index (χ4v) is 4.01. The van der Waals surface area contributed by atoms with Crippen molar-refractivity contribution < 1.29 is 9.47 Å². The molecule has 3 aromatic rings. The molecule has 202 valence electrons. The number of hydrogen-bond donors (Lipinski definition) is 0. The Morgan fingerprint density at radius 2 is 0.842 bits per heavy atom. The summed E-state index contributed by atoms with van der Waals surface area (Å²) >= 11 is 0. The molecule has 0 saturated heterocycles. The Kier molecular flexibility index (Phi) is 13.8. The van der Waals surface area contributed by atoms with Gasteiger partial charge in [0, 0.05) is 12.4 Å². The fourth-order valence-electron chi connectivity index (χ4n) is 4.01. The van der Waals surface area contributed by atoms with Crippen LogP contribution in [-0.2, 0) is 0 Å². The van der Waals surface area contributed by atoms with Crippen molar-refractivity contribution in [3.05, 3.63) is 83.9 Å². The molecule has 4 nitrogen and oxygen atoms in total. The summed E-state index contributed by atoms with van der Waals surface area (Å²) in [6.45, 7) is 6.04. The Morgan fingerprint density at radius 3 is 1.21 bits per heavy atom. The molecular formula is C34H44N2O2. The highest BCUT2D eigenvalue weighted by Gasteiger charge is 1.98. The van der Waals surface area contributed by atoms with Gasteiger partial charge in [-0.2, -0.15) is 0 Å².